The minimum atomic E-state index is 1.04. The molecule has 0 amide bonds. The average Bonchev–Trinajstić information content (AvgIpc) is 2.91. The van der Waals surface area contributed by atoms with Crippen molar-refractivity contribution in [2.24, 2.45) is 0 Å². The van der Waals surface area contributed by atoms with E-state index >= 15 is 0 Å². The smallest absolute Gasteiger partial charge is 0.0793 e. The van der Waals surface area contributed by atoms with Gasteiger partial charge in [-0.1, -0.05) is 115 Å². The summed E-state index contributed by atoms with van der Waals surface area (Å²) < 4.78 is 0. The van der Waals surface area contributed by atoms with Gasteiger partial charge in [0.1, 0.15) is 0 Å². The summed E-state index contributed by atoms with van der Waals surface area (Å²) in [5.41, 5.74) is 5.96. The molecule has 1 aromatic heterocycles. The van der Waals surface area contributed by atoms with Crippen molar-refractivity contribution < 1.29 is 0 Å². The Kier molecular flexibility index (Phi) is 4.22. The lowest BCUT2D eigenvalue weighted by atomic mass is 9.85. The van der Waals surface area contributed by atoms with Crippen LogP contribution in [0.5, 0.6) is 0 Å². The third-order valence-corrected chi connectivity index (χ3v) is 6.90. The Bertz CT molecular complexity index is 1660. The lowest BCUT2D eigenvalue weighted by molar-refractivity contribution is 1.42. The maximum Gasteiger partial charge on any atom is 0.0793 e. The van der Waals surface area contributed by atoms with Crippen molar-refractivity contribution in [1.29, 1.82) is 0 Å². The average molecular weight is 432 g/mol. The van der Waals surface area contributed by atoms with E-state index in [0.29, 0.717) is 0 Å². The molecule has 0 fully saturated rings. The maximum absolute atomic E-state index is 4.98. The van der Waals surface area contributed by atoms with E-state index in [1.807, 2.05) is 6.20 Å². The van der Waals surface area contributed by atoms with Crippen LogP contribution in [0.2, 0.25) is 0 Å². The Balaban J connectivity index is 1.70. The molecule has 0 atom stereocenters. The fourth-order valence-corrected chi connectivity index (χ4v) is 5.45. The normalized spacial score (nSPS) is 11.5. The first-order chi connectivity index (χ1) is 16.9. The van der Waals surface area contributed by atoms with Gasteiger partial charge in [-0.2, -0.15) is 0 Å². The second kappa shape index (κ2) is 7.54. The Labute approximate surface area is 197 Å². The summed E-state index contributed by atoms with van der Waals surface area (Å²) >= 11 is 0. The van der Waals surface area contributed by atoms with Crippen LogP contribution in [-0.4, -0.2) is 4.98 Å². The van der Waals surface area contributed by atoms with E-state index in [-0.39, 0.29) is 0 Å². The monoisotopic (exact) mass is 431 g/mol. The molecule has 0 N–H and O–H groups in total. The van der Waals surface area contributed by atoms with Crippen LogP contribution in [0.4, 0.5) is 0 Å². The second-order valence-electron chi connectivity index (χ2n) is 8.75. The van der Waals surface area contributed by atoms with Crippen molar-refractivity contribution in [3.8, 4) is 22.3 Å². The number of pyridine rings is 1. The van der Waals surface area contributed by atoms with Gasteiger partial charge in [0.2, 0.25) is 0 Å². The van der Waals surface area contributed by atoms with Crippen LogP contribution in [0.15, 0.2) is 128 Å². The van der Waals surface area contributed by atoms with E-state index in [2.05, 4.69) is 121 Å². The van der Waals surface area contributed by atoms with E-state index in [9.17, 15) is 0 Å². The zero-order valence-electron chi connectivity index (χ0n) is 18.6. The number of fused-ring (bicyclic) bond motifs is 4. The first-order valence-electron chi connectivity index (χ1n) is 11.7. The summed E-state index contributed by atoms with van der Waals surface area (Å²) in [6, 6.07) is 43.5. The second-order valence-corrected chi connectivity index (χ2v) is 8.75. The molecule has 0 saturated carbocycles. The van der Waals surface area contributed by atoms with Gasteiger partial charge >= 0.3 is 0 Å². The SMILES string of the molecule is c1ccc2c(-c3c4ccccc4c(-c4cccc5ccccc45)c4ncccc34)cccc2c1. The van der Waals surface area contributed by atoms with Gasteiger partial charge in [-0.05, 0) is 55.1 Å². The molecule has 6 aromatic carbocycles. The zero-order chi connectivity index (χ0) is 22.5. The van der Waals surface area contributed by atoms with Gasteiger partial charge in [0.05, 0.1) is 5.52 Å². The van der Waals surface area contributed by atoms with Gasteiger partial charge in [-0.3, -0.25) is 4.98 Å². The van der Waals surface area contributed by atoms with Crippen molar-refractivity contribution in [2.45, 2.75) is 0 Å². The fraction of sp³-hybridized carbons (Fsp3) is 0. The first-order valence-corrected chi connectivity index (χ1v) is 11.7. The first kappa shape index (κ1) is 19.0. The van der Waals surface area contributed by atoms with Gasteiger partial charge in [0.15, 0.2) is 0 Å². The molecule has 0 unspecified atom stereocenters. The standard InChI is InChI=1S/C33H21N/c1-3-14-24-22(10-1)12-7-18-26(24)31-28-16-5-6-17-29(28)32(33-30(31)20-9-21-34-33)27-19-8-13-23-11-2-4-15-25(23)27/h1-21H. The summed E-state index contributed by atoms with van der Waals surface area (Å²) in [6.45, 7) is 0. The number of rotatable bonds is 2. The van der Waals surface area contributed by atoms with Crippen LogP contribution in [0, 0.1) is 0 Å². The number of hydrogen-bond donors (Lipinski definition) is 0. The summed E-state index contributed by atoms with van der Waals surface area (Å²) in [5, 5.41) is 8.67. The molecule has 7 rings (SSSR count). The van der Waals surface area contributed by atoms with Gasteiger partial charge in [0, 0.05) is 17.1 Å². The van der Waals surface area contributed by atoms with Crippen molar-refractivity contribution in [3.63, 3.8) is 0 Å². The molecule has 0 spiro atoms. The molecule has 0 bridgehead atoms. The van der Waals surface area contributed by atoms with Crippen molar-refractivity contribution >= 4 is 43.2 Å². The minimum Gasteiger partial charge on any atom is -0.256 e. The van der Waals surface area contributed by atoms with Crippen molar-refractivity contribution in [3.05, 3.63) is 128 Å². The zero-order valence-corrected chi connectivity index (χ0v) is 18.6. The maximum atomic E-state index is 4.98. The Morgan fingerprint density at radius 2 is 0.824 bits per heavy atom. The van der Waals surface area contributed by atoms with E-state index in [0.717, 1.165) is 5.52 Å². The molecule has 0 aliphatic rings. The minimum absolute atomic E-state index is 1.04. The highest BCUT2D eigenvalue weighted by molar-refractivity contribution is 6.24. The molecule has 34 heavy (non-hydrogen) atoms. The predicted octanol–water partition coefficient (Wildman–Crippen LogP) is 9.03. The highest BCUT2D eigenvalue weighted by atomic mass is 14.7. The molecule has 0 radical (unpaired) electrons. The molecule has 1 heterocycles. The molecule has 1 heteroatoms. The Hall–Kier alpha value is -4.49. The van der Waals surface area contributed by atoms with Gasteiger partial charge < -0.3 is 0 Å². The number of hydrogen-bond acceptors (Lipinski definition) is 1. The van der Waals surface area contributed by atoms with E-state index < -0.39 is 0 Å². The summed E-state index contributed by atoms with van der Waals surface area (Å²) in [5.74, 6) is 0. The number of benzene rings is 6. The van der Waals surface area contributed by atoms with Crippen LogP contribution in [0.3, 0.4) is 0 Å². The largest absolute Gasteiger partial charge is 0.256 e. The number of aromatic nitrogens is 1. The van der Waals surface area contributed by atoms with E-state index in [1.54, 1.807) is 0 Å². The van der Waals surface area contributed by atoms with E-state index in [4.69, 9.17) is 4.98 Å². The van der Waals surface area contributed by atoms with Crippen molar-refractivity contribution in [1.82, 2.24) is 4.98 Å². The van der Waals surface area contributed by atoms with Crippen molar-refractivity contribution in [2.75, 3.05) is 0 Å². The molecule has 1 nitrogen and oxygen atoms in total. The predicted molar refractivity (Wildman–Crippen MR) is 145 cm³/mol. The fourth-order valence-electron chi connectivity index (χ4n) is 5.45. The lowest BCUT2D eigenvalue weighted by Crippen LogP contribution is -1.93. The van der Waals surface area contributed by atoms with Crippen LogP contribution < -0.4 is 0 Å². The third-order valence-electron chi connectivity index (χ3n) is 6.90. The van der Waals surface area contributed by atoms with Crippen LogP contribution in [0.1, 0.15) is 0 Å². The lowest BCUT2D eigenvalue weighted by Gasteiger charge is -2.18. The molecular weight excluding hydrogens is 410 g/mol. The molecule has 158 valence electrons. The summed E-state index contributed by atoms with van der Waals surface area (Å²) in [4.78, 5) is 4.98. The summed E-state index contributed by atoms with van der Waals surface area (Å²) in [7, 11) is 0. The van der Waals surface area contributed by atoms with Gasteiger partial charge in [0.25, 0.3) is 0 Å². The molecule has 7 aromatic rings. The van der Waals surface area contributed by atoms with Crippen LogP contribution in [-0.2, 0) is 0 Å². The molecular formula is C33H21N. The topological polar surface area (TPSA) is 12.9 Å². The van der Waals surface area contributed by atoms with Crippen LogP contribution >= 0.6 is 0 Å². The van der Waals surface area contributed by atoms with Crippen LogP contribution in [0.25, 0.3) is 65.5 Å². The van der Waals surface area contributed by atoms with E-state index in [1.165, 1.54) is 60.0 Å². The summed E-state index contributed by atoms with van der Waals surface area (Å²) in [6.07, 6.45) is 1.92. The van der Waals surface area contributed by atoms with Gasteiger partial charge in [-0.25, -0.2) is 0 Å². The van der Waals surface area contributed by atoms with Gasteiger partial charge in [-0.15, -0.1) is 0 Å². The quantitative estimate of drug-likeness (QED) is 0.249. The molecule has 0 aliphatic heterocycles. The Morgan fingerprint density at radius 1 is 0.353 bits per heavy atom. The highest BCUT2D eigenvalue weighted by Crippen LogP contribution is 2.45. The number of nitrogens with zero attached hydrogens (tertiary/aromatic N) is 1. The Morgan fingerprint density at radius 3 is 1.47 bits per heavy atom. The molecule has 0 aliphatic carbocycles. The highest BCUT2D eigenvalue weighted by Gasteiger charge is 2.19. The third kappa shape index (κ3) is 2.77. The molecule has 0 saturated heterocycles.